The zero-order valence-electron chi connectivity index (χ0n) is 19.8. The van der Waals surface area contributed by atoms with Gasteiger partial charge in [0.15, 0.2) is 5.96 Å². The van der Waals surface area contributed by atoms with Crippen molar-refractivity contribution < 1.29 is 14.3 Å². The first-order valence-corrected chi connectivity index (χ1v) is 11.1. The number of nitrogens with one attached hydrogen (secondary N) is 3. The fourth-order valence-corrected chi connectivity index (χ4v) is 3.39. The third kappa shape index (κ3) is 9.62. The summed E-state index contributed by atoms with van der Waals surface area (Å²) in [5.74, 6) is 0.849. The van der Waals surface area contributed by atoms with E-state index in [0.717, 1.165) is 18.5 Å². The number of guanidine groups is 1. The lowest BCUT2D eigenvalue weighted by atomic mass is 10.1. The predicted molar refractivity (Wildman–Crippen MR) is 138 cm³/mol. The lowest BCUT2D eigenvalue weighted by Gasteiger charge is -2.24. The van der Waals surface area contributed by atoms with Crippen LogP contribution in [0, 0.1) is 0 Å². The lowest BCUT2D eigenvalue weighted by Crippen LogP contribution is -2.45. The Hall–Kier alpha value is -2.04. The van der Waals surface area contributed by atoms with E-state index in [1.54, 1.807) is 0 Å². The van der Waals surface area contributed by atoms with E-state index in [4.69, 9.17) is 9.73 Å². The lowest BCUT2D eigenvalue weighted by molar-refractivity contribution is -0.129. The molecule has 0 aromatic heterocycles. The molecule has 32 heavy (non-hydrogen) atoms. The minimum atomic E-state index is -0.574. The van der Waals surface area contributed by atoms with Crippen LogP contribution in [0.5, 0.6) is 0 Å². The van der Waals surface area contributed by atoms with Crippen molar-refractivity contribution in [3.63, 3.8) is 0 Å². The van der Waals surface area contributed by atoms with Gasteiger partial charge in [-0.2, -0.15) is 0 Å². The molecule has 1 aromatic carbocycles. The van der Waals surface area contributed by atoms with Gasteiger partial charge in [0.2, 0.25) is 5.91 Å². The molecule has 1 saturated heterocycles. The maximum atomic E-state index is 12.4. The van der Waals surface area contributed by atoms with Crippen molar-refractivity contribution in [1.29, 1.82) is 0 Å². The smallest absolute Gasteiger partial charge is 0.408 e. The molecule has 2 unspecified atom stereocenters. The second-order valence-electron chi connectivity index (χ2n) is 8.65. The molecule has 1 aliphatic rings. The molecule has 1 aliphatic heterocycles. The normalized spacial score (nSPS) is 17.2. The molecule has 1 aromatic rings. The van der Waals surface area contributed by atoms with Gasteiger partial charge in [0.1, 0.15) is 5.60 Å². The molecular formula is C23H38IN5O3. The third-order valence-electron chi connectivity index (χ3n) is 4.85. The van der Waals surface area contributed by atoms with Gasteiger partial charge in [0.25, 0.3) is 0 Å². The standard InChI is InChI=1S/C23H37N5O3.HI/c1-6-20(29)28-14-13-18(16-28)26-21(24-7-2)25-15-19(17-11-9-8-10-12-17)27-22(30)31-23(3,4)5;/h8-12,18-19H,6-7,13-16H2,1-5H3,(H,27,30)(H2,24,25,26);1H. The van der Waals surface area contributed by atoms with Crippen LogP contribution in [0.2, 0.25) is 0 Å². The maximum absolute atomic E-state index is 12.4. The summed E-state index contributed by atoms with van der Waals surface area (Å²) in [6.45, 7) is 11.9. The summed E-state index contributed by atoms with van der Waals surface area (Å²) in [6, 6.07) is 9.56. The number of rotatable bonds is 7. The largest absolute Gasteiger partial charge is 0.444 e. The van der Waals surface area contributed by atoms with Crippen molar-refractivity contribution in [1.82, 2.24) is 20.9 Å². The number of likely N-dealkylation sites (tertiary alicyclic amines) is 1. The third-order valence-corrected chi connectivity index (χ3v) is 4.85. The molecule has 0 spiro atoms. The van der Waals surface area contributed by atoms with E-state index in [-0.39, 0.29) is 42.0 Å². The van der Waals surface area contributed by atoms with E-state index >= 15 is 0 Å². The van der Waals surface area contributed by atoms with Gasteiger partial charge in [-0.1, -0.05) is 37.3 Å². The van der Waals surface area contributed by atoms with Gasteiger partial charge < -0.3 is 25.6 Å². The van der Waals surface area contributed by atoms with Gasteiger partial charge in [0, 0.05) is 32.1 Å². The molecule has 0 aliphatic carbocycles. The highest BCUT2D eigenvalue weighted by Gasteiger charge is 2.26. The average molecular weight is 559 g/mol. The van der Waals surface area contributed by atoms with E-state index in [2.05, 4.69) is 16.0 Å². The van der Waals surface area contributed by atoms with Crippen LogP contribution in [0.15, 0.2) is 35.3 Å². The molecule has 2 amide bonds. The molecule has 180 valence electrons. The molecule has 0 radical (unpaired) electrons. The number of ether oxygens (including phenoxy) is 1. The number of alkyl carbamates (subject to hydrolysis) is 1. The van der Waals surface area contributed by atoms with E-state index in [1.165, 1.54) is 0 Å². The molecule has 2 atom stereocenters. The van der Waals surface area contributed by atoms with E-state index in [1.807, 2.05) is 69.9 Å². The van der Waals surface area contributed by atoms with Gasteiger partial charge in [0.05, 0.1) is 12.6 Å². The van der Waals surface area contributed by atoms with Gasteiger partial charge in [-0.3, -0.25) is 9.79 Å². The van der Waals surface area contributed by atoms with Crippen LogP contribution in [-0.2, 0) is 9.53 Å². The van der Waals surface area contributed by atoms with Gasteiger partial charge in [-0.05, 0) is 39.7 Å². The number of carbonyl (C=O) groups is 2. The average Bonchev–Trinajstić information content (AvgIpc) is 3.18. The first kappa shape index (κ1) is 28.0. The SMILES string of the molecule is CCNC(=NCC(NC(=O)OC(C)(C)C)c1ccccc1)NC1CCN(C(=O)CC)C1.I. The minimum absolute atomic E-state index is 0. The molecule has 9 heteroatoms. The quantitative estimate of drug-likeness (QED) is 0.271. The Morgan fingerprint density at radius 2 is 1.91 bits per heavy atom. The van der Waals surface area contributed by atoms with Crippen molar-refractivity contribution in [2.75, 3.05) is 26.2 Å². The molecule has 1 heterocycles. The number of halogens is 1. The highest BCUT2D eigenvalue weighted by molar-refractivity contribution is 14.0. The fourth-order valence-electron chi connectivity index (χ4n) is 3.39. The Morgan fingerprint density at radius 1 is 1.22 bits per heavy atom. The first-order chi connectivity index (χ1) is 14.7. The van der Waals surface area contributed by atoms with Crippen LogP contribution in [0.4, 0.5) is 4.79 Å². The zero-order chi connectivity index (χ0) is 22.9. The number of hydrogen-bond acceptors (Lipinski definition) is 4. The summed E-state index contributed by atoms with van der Waals surface area (Å²) < 4.78 is 5.43. The Morgan fingerprint density at radius 3 is 2.50 bits per heavy atom. The summed E-state index contributed by atoms with van der Waals surface area (Å²) in [4.78, 5) is 30.9. The van der Waals surface area contributed by atoms with Crippen molar-refractivity contribution in [3.8, 4) is 0 Å². The Kier molecular flexibility index (Phi) is 11.8. The van der Waals surface area contributed by atoms with Gasteiger partial charge in [-0.15, -0.1) is 24.0 Å². The molecule has 3 N–H and O–H groups in total. The van der Waals surface area contributed by atoms with Gasteiger partial charge in [-0.25, -0.2) is 4.79 Å². The number of aliphatic imine (C=N–C) groups is 1. The molecule has 8 nitrogen and oxygen atoms in total. The van der Waals surface area contributed by atoms with Crippen LogP contribution < -0.4 is 16.0 Å². The zero-order valence-corrected chi connectivity index (χ0v) is 22.1. The van der Waals surface area contributed by atoms with Crippen LogP contribution in [0.25, 0.3) is 0 Å². The number of benzene rings is 1. The van der Waals surface area contributed by atoms with E-state index < -0.39 is 11.7 Å². The topological polar surface area (TPSA) is 95.1 Å². The van der Waals surface area contributed by atoms with Crippen molar-refractivity contribution in [2.24, 2.45) is 4.99 Å². The maximum Gasteiger partial charge on any atom is 0.408 e. The number of carbonyl (C=O) groups excluding carboxylic acids is 2. The summed E-state index contributed by atoms with van der Waals surface area (Å²) in [6.07, 6.45) is 0.934. The molecule has 0 saturated carbocycles. The Labute approximate surface area is 209 Å². The summed E-state index contributed by atoms with van der Waals surface area (Å²) in [5.41, 5.74) is 0.378. The van der Waals surface area contributed by atoms with Crippen molar-refractivity contribution in [3.05, 3.63) is 35.9 Å². The molecule has 2 rings (SSSR count). The predicted octanol–water partition coefficient (Wildman–Crippen LogP) is 3.44. The molecular weight excluding hydrogens is 521 g/mol. The first-order valence-electron chi connectivity index (χ1n) is 11.1. The van der Waals surface area contributed by atoms with Crippen LogP contribution in [-0.4, -0.2) is 60.7 Å². The Bertz CT molecular complexity index is 752. The van der Waals surface area contributed by atoms with Crippen LogP contribution in [0.3, 0.4) is 0 Å². The highest BCUT2D eigenvalue weighted by Crippen LogP contribution is 2.15. The molecule has 0 bridgehead atoms. The van der Waals surface area contributed by atoms with Crippen molar-refractivity contribution >= 4 is 41.9 Å². The van der Waals surface area contributed by atoms with Crippen molar-refractivity contribution in [2.45, 2.75) is 65.1 Å². The van der Waals surface area contributed by atoms with Gasteiger partial charge >= 0.3 is 6.09 Å². The Balaban J connectivity index is 0.00000512. The van der Waals surface area contributed by atoms with Crippen LogP contribution in [0.1, 0.15) is 59.1 Å². The number of hydrogen-bond donors (Lipinski definition) is 3. The second-order valence-corrected chi connectivity index (χ2v) is 8.65. The number of nitrogens with zero attached hydrogens (tertiary/aromatic N) is 2. The fraction of sp³-hybridized carbons (Fsp3) is 0.609. The summed E-state index contributed by atoms with van der Waals surface area (Å²) >= 11 is 0. The monoisotopic (exact) mass is 559 g/mol. The summed E-state index contributed by atoms with van der Waals surface area (Å²) in [5, 5.41) is 9.62. The van der Waals surface area contributed by atoms with E-state index in [9.17, 15) is 9.59 Å². The minimum Gasteiger partial charge on any atom is -0.444 e. The highest BCUT2D eigenvalue weighted by atomic mass is 127. The second kappa shape index (κ2) is 13.5. The van der Waals surface area contributed by atoms with E-state index in [0.29, 0.717) is 32.0 Å². The van der Waals surface area contributed by atoms with Crippen LogP contribution >= 0.6 is 24.0 Å². The summed E-state index contributed by atoms with van der Waals surface area (Å²) in [7, 11) is 0. The molecule has 1 fully saturated rings. The number of amides is 2.